The van der Waals surface area contributed by atoms with E-state index in [2.05, 4.69) is 35.7 Å². The Morgan fingerprint density at radius 1 is 1.62 bits per heavy atom. The number of halogens is 1. The van der Waals surface area contributed by atoms with Gasteiger partial charge in [0.1, 0.15) is 0 Å². The average Bonchev–Trinajstić information content (AvgIpc) is 1.83. The highest BCUT2D eigenvalue weighted by Gasteiger charge is 1.77. The molecule has 0 bridgehead atoms. The molecule has 0 aliphatic heterocycles. The fourth-order valence-corrected chi connectivity index (χ4v) is 0.534. The Labute approximate surface area is 64.1 Å². The van der Waals surface area contributed by atoms with Gasteiger partial charge in [0.25, 0.3) is 0 Å². The number of hydrogen-bond acceptors (Lipinski definition) is 0. The molecule has 0 aromatic carbocycles. The topological polar surface area (TPSA) is 0 Å². The number of rotatable bonds is 3. The minimum absolute atomic E-state index is 0.923. The summed E-state index contributed by atoms with van der Waals surface area (Å²) < 4.78 is 1.98. The molecule has 0 heterocycles. The molecule has 0 nitrogen and oxygen atoms in total. The van der Waals surface area contributed by atoms with Gasteiger partial charge in [-0.1, -0.05) is 53.5 Å². The summed E-state index contributed by atoms with van der Waals surface area (Å²) in [6, 6.07) is 0. The van der Waals surface area contributed by atoms with Crippen LogP contribution in [0.4, 0.5) is 0 Å². The van der Waals surface area contributed by atoms with E-state index in [-0.39, 0.29) is 0 Å². The van der Waals surface area contributed by atoms with Crippen molar-refractivity contribution >= 4 is 22.6 Å². The molecule has 0 amide bonds. The second-order valence-corrected chi connectivity index (χ2v) is 2.15. The predicted molar refractivity (Wildman–Crippen MR) is 47.1 cm³/mol. The lowest BCUT2D eigenvalue weighted by atomic mass is 10.2. The summed E-state index contributed by atoms with van der Waals surface area (Å²) >= 11 is 2.18. The Bertz CT molecular complexity index is 112. The van der Waals surface area contributed by atoms with Gasteiger partial charge in [-0.3, -0.25) is 0 Å². The molecular formula is C7H9I. The molecule has 0 rings (SSSR count). The van der Waals surface area contributed by atoms with Crippen molar-refractivity contribution in [3.8, 4) is 0 Å². The zero-order chi connectivity index (χ0) is 6.41. The van der Waals surface area contributed by atoms with Gasteiger partial charge in [0, 0.05) is 0 Å². The number of hydrogen-bond donors (Lipinski definition) is 0. The van der Waals surface area contributed by atoms with Crippen LogP contribution < -0.4 is 0 Å². The first-order valence-electron chi connectivity index (χ1n) is 2.36. The van der Waals surface area contributed by atoms with E-state index in [1.807, 2.05) is 10.2 Å². The summed E-state index contributed by atoms with van der Waals surface area (Å²) in [5.74, 6) is 0. The van der Waals surface area contributed by atoms with E-state index in [0.717, 1.165) is 12.0 Å². The first-order chi connectivity index (χ1) is 3.81. The molecule has 0 saturated heterocycles. The van der Waals surface area contributed by atoms with Crippen molar-refractivity contribution in [2.75, 3.05) is 0 Å². The minimum atomic E-state index is 0.923. The molecule has 0 unspecified atom stereocenters. The standard InChI is InChI=1S/C7H9I/c1-3-7(2)5-4-6-8/h3-4,6H,1-2,5H2. The summed E-state index contributed by atoms with van der Waals surface area (Å²) in [5, 5.41) is 0. The fraction of sp³-hybridized carbons (Fsp3) is 0.143. The van der Waals surface area contributed by atoms with E-state index < -0.39 is 0 Å². The Balaban J connectivity index is 3.39. The molecule has 0 N–H and O–H groups in total. The summed E-state index contributed by atoms with van der Waals surface area (Å²) in [5.41, 5.74) is 1.07. The monoisotopic (exact) mass is 220 g/mol. The van der Waals surface area contributed by atoms with Gasteiger partial charge in [0.15, 0.2) is 0 Å². The minimum Gasteiger partial charge on any atom is -0.0988 e. The third-order valence-electron chi connectivity index (χ3n) is 0.758. The van der Waals surface area contributed by atoms with Crippen molar-refractivity contribution in [1.29, 1.82) is 0 Å². The van der Waals surface area contributed by atoms with E-state index in [1.54, 1.807) is 6.08 Å². The molecule has 0 aromatic rings. The molecule has 0 spiro atoms. The molecule has 0 atom stereocenters. The smallest absolute Gasteiger partial charge is 0.00960 e. The fourth-order valence-electron chi connectivity index (χ4n) is 0.279. The van der Waals surface area contributed by atoms with E-state index >= 15 is 0 Å². The molecule has 8 heavy (non-hydrogen) atoms. The molecule has 0 aliphatic rings. The van der Waals surface area contributed by atoms with Crippen LogP contribution in [0.25, 0.3) is 0 Å². The molecule has 0 fully saturated rings. The Kier molecular flexibility index (Phi) is 5.06. The van der Waals surface area contributed by atoms with Crippen molar-refractivity contribution in [2.24, 2.45) is 0 Å². The van der Waals surface area contributed by atoms with Gasteiger partial charge >= 0.3 is 0 Å². The SMILES string of the molecule is C=CC(=C)CC=CI. The van der Waals surface area contributed by atoms with Crippen molar-refractivity contribution in [3.63, 3.8) is 0 Å². The zero-order valence-corrected chi connectivity index (χ0v) is 6.89. The molecule has 0 aliphatic carbocycles. The van der Waals surface area contributed by atoms with Crippen LogP contribution in [-0.4, -0.2) is 0 Å². The Hall–Kier alpha value is -0.0500. The van der Waals surface area contributed by atoms with E-state index in [0.29, 0.717) is 0 Å². The Morgan fingerprint density at radius 3 is 2.62 bits per heavy atom. The van der Waals surface area contributed by atoms with Crippen molar-refractivity contribution < 1.29 is 0 Å². The summed E-state index contributed by atoms with van der Waals surface area (Å²) in [6.45, 7) is 7.32. The van der Waals surface area contributed by atoms with Crippen molar-refractivity contribution in [3.05, 3.63) is 35.0 Å². The van der Waals surface area contributed by atoms with Gasteiger partial charge in [0.05, 0.1) is 0 Å². The summed E-state index contributed by atoms with van der Waals surface area (Å²) in [7, 11) is 0. The second kappa shape index (κ2) is 5.09. The normalized spacial score (nSPS) is 9.62. The highest BCUT2D eigenvalue weighted by Crippen LogP contribution is 2.00. The van der Waals surface area contributed by atoms with E-state index in [9.17, 15) is 0 Å². The van der Waals surface area contributed by atoms with E-state index in [4.69, 9.17) is 0 Å². The molecule has 0 aromatic heterocycles. The lowest BCUT2D eigenvalue weighted by Crippen LogP contribution is -1.66. The summed E-state index contributed by atoms with van der Waals surface area (Å²) in [4.78, 5) is 0. The average molecular weight is 220 g/mol. The van der Waals surface area contributed by atoms with Gasteiger partial charge in [-0.15, -0.1) is 0 Å². The van der Waals surface area contributed by atoms with Crippen molar-refractivity contribution in [2.45, 2.75) is 6.42 Å². The first-order valence-corrected chi connectivity index (χ1v) is 3.61. The van der Waals surface area contributed by atoms with Gasteiger partial charge in [-0.2, -0.15) is 0 Å². The van der Waals surface area contributed by atoms with Crippen LogP contribution in [0.3, 0.4) is 0 Å². The van der Waals surface area contributed by atoms with Crippen molar-refractivity contribution in [1.82, 2.24) is 0 Å². The maximum atomic E-state index is 3.74. The first kappa shape index (κ1) is 7.95. The van der Waals surface area contributed by atoms with Crippen LogP contribution in [0.15, 0.2) is 35.0 Å². The van der Waals surface area contributed by atoms with Crippen LogP contribution in [0.5, 0.6) is 0 Å². The lowest BCUT2D eigenvalue weighted by Gasteiger charge is -1.87. The van der Waals surface area contributed by atoms with Gasteiger partial charge in [-0.25, -0.2) is 0 Å². The lowest BCUT2D eigenvalue weighted by molar-refractivity contribution is 1.31. The van der Waals surface area contributed by atoms with Crippen LogP contribution in [0.2, 0.25) is 0 Å². The zero-order valence-electron chi connectivity index (χ0n) is 4.73. The van der Waals surface area contributed by atoms with Gasteiger partial charge in [-0.05, 0) is 10.5 Å². The van der Waals surface area contributed by atoms with Crippen LogP contribution in [-0.2, 0) is 0 Å². The number of allylic oxidation sites excluding steroid dienone is 3. The van der Waals surface area contributed by atoms with Crippen LogP contribution in [0, 0.1) is 0 Å². The third kappa shape index (κ3) is 4.12. The molecule has 0 saturated carbocycles. The highest BCUT2D eigenvalue weighted by atomic mass is 127. The third-order valence-corrected chi connectivity index (χ3v) is 1.27. The molecule has 0 radical (unpaired) electrons. The largest absolute Gasteiger partial charge is 0.0988 e. The summed E-state index contributed by atoms with van der Waals surface area (Å²) in [6.07, 6.45) is 4.74. The maximum Gasteiger partial charge on any atom is -0.00960 e. The van der Waals surface area contributed by atoms with Gasteiger partial charge < -0.3 is 0 Å². The van der Waals surface area contributed by atoms with Gasteiger partial charge in [0.2, 0.25) is 0 Å². The van der Waals surface area contributed by atoms with E-state index in [1.165, 1.54) is 0 Å². The second-order valence-electron chi connectivity index (χ2n) is 1.43. The van der Waals surface area contributed by atoms with Crippen LogP contribution in [0.1, 0.15) is 6.42 Å². The van der Waals surface area contributed by atoms with Crippen LogP contribution >= 0.6 is 22.6 Å². The maximum absolute atomic E-state index is 3.74. The highest BCUT2D eigenvalue weighted by molar-refractivity contribution is 14.1. The molecule has 44 valence electrons. The predicted octanol–water partition coefficient (Wildman–Crippen LogP) is 3.07. The Morgan fingerprint density at radius 2 is 2.25 bits per heavy atom. The molecular weight excluding hydrogens is 211 g/mol. The molecule has 1 heteroatoms. The quantitative estimate of drug-likeness (QED) is 0.506.